The Bertz CT molecular complexity index is 1040. The van der Waals surface area contributed by atoms with E-state index in [1.54, 1.807) is 0 Å². The van der Waals surface area contributed by atoms with Crippen LogP contribution in [0.3, 0.4) is 0 Å². The Morgan fingerprint density at radius 2 is 1.85 bits per heavy atom. The van der Waals surface area contributed by atoms with E-state index in [2.05, 4.69) is 5.32 Å². The molecule has 2 N–H and O–H groups in total. The Kier molecular flexibility index (Phi) is 2.96. The van der Waals surface area contributed by atoms with Crippen molar-refractivity contribution in [3.63, 3.8) is 0 Å². The van der Waals surface area contributed by atoms with Gasteiger partial charge in [0, 0.05) is 11.5 Å². The van der Waals surface area contributed by atoms with Crippen molar-refractivity contribution < 1.29 is 5.11 Å². The number of phenols is 1. The minimum atomic E-state index is 0.223. The molecule has 2 heterocycles. The van der Waals surface area contributed by atoms with Crippen LogP contribution in [0.2, 0.25) is 0 Å². The number of piperidine rings is 1. The molecule has 1 saturated heterocycles. The fraction of sp³-hybridized carbons (Fsp3) is 0.455. The number of rotatable bonds is 0. The summed E-state index contributed by atoms with van der Waals surface area (Å²) in [5.74, 6) is 0.996. The fourth-order valence-electron chi connectivity index (χ4n) is 6.15. The van der Waals surface area contributed by atoms with E-state index in [1.165, 1.54) is 43.2 Å². The highest BCUT2D eigenvalue weighted by atomic mass is 16.3. The van der Waals surface area contributed by atoms with Crippen LogP contribution >= 0.6 is 0 Å². The second kappa shape index (κ2) is 5.17. The Morgan fingerprint density at radius 1 is 1.04 bits per heavy atom. The second-order valence-electron chi connectivity index (χ2n) is 8.35. The zero-order chi connectivity index (χ0) is 17.3. The molecule has 1 aliphatic heterocycles. The van der Waals surface area contributed by atoms with Crippen LogP contribution in [0.5, 0.6) is 5.75 Å². The fourth-order valence-corrected chi connectivity index (χ4v) is 6.15. The summed E-state index contributed by atoms with van der Waals surface area (Å²) in [5.41, 5.74) is 6.25. The van der Waals surface area contributed by atoms with Crippen molar-refractivity contribution in [3.8, 4) is 5.75 Å². The van der Waals surface area contributed by atoms with Gasteiger partial charge in [0.2, 0.25) is 0 Å². The molecule has 4 nitrogen and oxygen atoms in total. The summed E-state index contributed by atoms with van der Waals surface area (Å²) in [6.45, 7) is 1.09. The number of aromatic hydroxyl groups is 1. The average Bonchev–Trinajstić information content (AvgIpc) is 2.68. The number of benzene rings is 2. The first kappa shape index (κ1) is 14.9. The van der Waals surface area contributed by atoms with Crippen molar-refractivity contribution in [3.05, 3.63) is 41.5 Å². The van der Waals surface area contributed by atoms with Crippen LogP contribution in [0.25, 0.3) is 22.1 Å². The van der Waals surface area contributed by atoms with Crippen LogP contribution < -0.4 is 5.32 Å². The van der Waals surface area contributed by atoms with Crippen LogP contribution in [0.15, 0.2) is 30.3 Å². The van der Waals surface area contributed by atoms with Gasteiger partial charge in [-0.1, -0.05) is 25.0 Å². The van der Waals surface area contributed by atoms with E-state index in [1.807, 2.05) is 30.3 Å². The van der Waals surface area contributed by atoms with E-state index in [9.17, 15) is 5.11 Å². The Balaban J connectivity index is 1.69. The van der Waals surface area contributed by atoms with Gasteiger partial charge in [-0.3, -0.25) is 0 Å². The molecule has 3 aliphatic rings. The summed E-state index contributed by atoms with van der Waals surface area (Å²) in [4.78, 5) is 9.71. The van der Waals surface area contributed by atoms with Crippen molar-refractivity contribution in [1.29, 1.82) is 0 Å². The topological polar surface area (TPSA) is 58.0 Å². The van der Waals surface area contributed by atoms with Crippen molar-refractivity contribution in [2.24, 2.45) is 5.92 Å². The minimum Gasteiger partial charge on any atom is -0.506 e. The van der Waals surface area contributed by atoms with Crippen molar-refractivity contribution in [2.75, 3.05) is 6.54 Å². The molecule has 0 spiro atoms. The lowest BCUT2D eigenvalue weighted by Gasteiger charge is -2.56. The average molecular weight is 345 g/mol. The summed E-state index contributed by atoms with van der Waals surface area (Å²) < 4.78 is 0. The number of para-hydroxylation sites is 2. The normalized spacial score (nSPS) is 30.2. The molecule has 1 saturated carbocycles. The maximum Gasteiger partial charge on any atom is 0.143 e. The highest BCUT2D eigenvalue weighted by Gasteiger charge is 2.52. The quantitative estimate of drug-likeness (QED) is 0.608. The van der Waals surface area contributed by atoms with Gasteiger partial charge in [-0.15, -0.1) is 0 Å². The van der Waals surface area contributed by atoms with E-state index < -0.39 is 0 Å². The van der Waals surface area contributed by atoms with Crippen LogP contribution in [-0.4, -0.2) is 27.7 Å². The Labute approximate surface area is 152 Å². The van der Waals surface area contributed by atoms with E-state index in [0.717, 1.165) is 29.5 Å². The summed E-state index contributed by atoms with van der Waals surface area (Å²) in [6, 6.07) is 10.5. The van der Waals surface area contributed by atoms with Gasteiger partial charge in [-0.25, -0.2) is 9.97 Å². The Morgan fingerprint density at radius 3 is 2.69 bits per heavy atom. The molecular formula is C22H23N3O. The van der Waals surface area contributed by atoms with Gasteiger partial charge < -0.3 is 10.4 Å². The van der Waals surface area contributed by atoms with E-state index in [0.29, 0.717) is 23.2 Å². The molecular weight excluding hydrogens is 322 g/mol. The highest BCUT2D eigenvalue weighted by Crippen LogP contribution is 2.55. The van der Waals surface area contributed by atoms with Gasteiger partial charge in [0.25, 0.3) is 0 Å². The number of hydrogen-bond acceptors (Lipinski definition) is 4. The monoisotopic (exact) mass is 345 g/mol. The largest absolute Gasteiger partial charge is 0.506 e. The lowest BCUT2D eigenvalue weighted by molar-refractivity contribution is 0.0800. The molecule has 26 heavy (non-hydrogen) atoms. The molecule has 2 fully saturated rings. The van der Waals surface area contributed by atoms with Crippen molar-refractivity contribution >= 4 is 22.1 Å². The summed E-state index contributed by atoms with van der Waals surface area (Å²) in [5, 5.41) is 14.6. The van der Waals surface area contributed by atoms with Crippen molar-refractivity contribution in [1.82, 2.24) is 15.3 Å². The number of fused-ring (bicyclic) bond motifs is 4. The molecule has 6 rings (SSSR count). The van der Waals surface area contributed by atoms with Gasteiger partial charge in [-0.05, 0) is 67.5 Å². The number of nitrogens with one attached hydrogen (secondary N) is 1. The first-order valence-corrected chi connectivity index (χ1v) is 9.91. The lowest BCUT2D eigenvalue weighted by Crippen LogP contribution is -2.59. The summed E-state index contributed by atoms with van der Waals surface area (Å²) >= 11 is 0. The molecule has 0 radical (unpaired) electrons. The zero-order valence-corrected chi connectivity index (χ0v) is 14.8. The molecule has 2 aromatic carbocycles. The van der Waals surface area contributed by atoms with Gasteiger partial charge in [-0.2, -0.15) is 0 Å². The molecule has 1 aromatic heterocycles. The number of hydrogen-bond donors (Lipinski definition) is 2. The maximum atomic E-state index is 10.9. The lowest BCUT2D eigenvalue weighted by atomic mass is 9.52. The number of phenolic OH excluding ortho intramolecular Hbond substituents is 1. The number of nitrogens with zero attached hydrogens (tertiary/aromatic N) is 2. The van der Waals surface area contributed by atoms with E-state index in [4.69, 9.17) is 9.97 Å². The molecule has 2 bridgehead atoms. The van der Waals surface area contributed by atoms with Crippen LogP contribution in [0.1, 0.15) is 43.2 Å². The first-order chi connectivity index (χ1) is 12.8. The van der Waals surface area contributed by atoms with Gasteiger partial charge in [0.1, 0.15) is 11.3 Å². The minimum absolute atomic E-state index is 0.223. The van der Waals surface area contributed by atoms with Crippen molar-refractivity contribution in [2.45, 2.75) is 50.0 Å². The molecule has 3 atom stereocenters. The molecule has 3 aromatic rings. The zero-order valence-electron chi connectivity index (χ0n) is 14.8. The molecule has 0 unspecified atom stereocenters. The van der Waals surface area contributed by atoms with Gasteiger partial charge >= 0.3 is 0 Å². The van der Waals surface area contributed by atoms with Crippen LogP contribution in [-0.2, 0) is 11.8 Å². The predicted molar refractivity (Wildman–Crippen MR) is 102 cm³/mol. The summed E-state index contributed by atoms with van der Waals surface area (Å²) in [7, 11) is 0. The molecule has 2 aliphatic carbocycles. The van der Waals surface area contributed by atoms with Crippen LogP contribution in [0.4, 0.5) is 0 Å². The SMILES string of the molecule is Oc1cc2c(c3nc4ccccc4nc13)C[C@@H]1NCC[C@]23CCCC[C@H]13. The van der Waals surface area contributed by atoms with E-state index in [-0.39, 0.29) is 5.41 Å². The first-order valence-electron chi connectivity index (χ1n) is 9.91. The van der Waals surface area contributed by atoms with Crippen LogP contribution in [0, 0.1) is 5.92 Å². The predicted octanol–water partition coefficient (Wildman–Crippen LogP) is 3.83. The standard InChI is InChI=1S/C22H23N3O/c26-19-12-15-13(20-21(19)25-17-7-2-1-6-16(17)24-20)11-18-14-5-3-4-8-22(14,15)9-10-23-18/h1-2,6-7,12,14,18,23,26H,3-5,8-11H2/t14-,18+,22+/m1/s1. The maximum absolute atomic E-state index is 10.9. The smallest absolute Gasteiger partial charge is 0.143 e. The third kappa shape index (κ3) is 1.83. The number of aromatic nitrogens is 2. The Hall–Kier alpha value is -2.20. The van der Waals surface area contributed by atoms with Gasteiger partial charge in [0.15, 0.2) is 0 Å². The highest BCUT2D eigenvalue weighted by molar-refractivity contribution is 5.92. The van der Waals surface area contributed by atoms with E-state index >= 15 is 0 Å². The third-order valence-electron chi connectivity index (χ3n) is 7.23. The summed E-state index contributed by atoms with van der Waals surface area (Å²) in [6.07, 6.45) is 7.36. The molecule has 132 valence electrons. The molecule has 0 amide bonds. The third-order valence-corrected chi connectivity index (χ3v) is 7.23. The molecule has 4 heteroatoms. The second-order valence-corrected chi connectivity index (χ2v) is 8.35. The van der Waals surface area contributed by atoms with Gasteiger partial charge in [0.05, 0.1) is 16.6 Å².